The Labute approximate surface area is 118 Å². The van der Waals surface area contributed by atoms with Gasteiger partial charge in [0.25, 0.3) is 0 Å². The van der Waals surface area contributed by atoms with Crippen LogP contribution in [0.2, 0.25) is 0 Å². The lowest BCUT2D eigenvalue weighted by molar-refractivity contribution is 0.942. The van der Waals surface area contributed by atoms with Gasteiger partial charge in [-0.1, -0.05) is 0 Å². The molecule has 1 N–H and O–H groups in total. The highest BCUT2D eigenvalue weighted by Gasteiger charge is 2.07. The summed E-state index contributed by atoms with van der Waals surface area (Å²) in [4.78, 5) is 13.3. The minimum absolute atomic E-state index is 0.702. The number of nitrogens with one attached hydrogen (secondary N) is 1. The highest BCUT2D eigenvalue weighted by atomic mass is 127. The maximum absolute atomic E-state index is 4.50. The molecule has 0 aromatic carbocycles. The predicted molar refractivity (Wildman–Crippen MR) is 78.6 cm³/mol. The molecule has 2 aromatic rings. The fourth-order valence-corrected chi connectivity index (χ4v) is 2.62. The molecule has 0 saturated heterocycles. The number of hydrogen-bond acceptors (Lipinski definition) is 5. The number of halogens is 1. The van der Waals surface area contributed by atoms with E-state index >= 15 is 0 Å². The largest absolute Gasteiger partial charge is 0.369 e. The zero-order chi connectivity index (χ0) is 12.3. The average molecular weight is 360 g/mol. The van der Waals surface area contributed by atoms with Crippen LogP contribution in [0.1, 0.15) is 23.4 Å². The van der Waals surface area contributed by atoms with Crippen molar-refractivity contribution in [1.82, 2.24) is 15.0 Å². The molecule has 0 radical (unpaired) electrons. The second-order valence-corrected chi connectivity index (χ2v) is 5.68. The number of hydrogen-bond donors (Lipinski definition) is 1. The SMILES string of the molecule is CCNc1nc(Cc2nc(C)cs2)ncc1I. The van der Waals surface area contributed by atoms with Gasteiger partial charge in [-0.05, 0) is 36.4 Å². The third-order valence-electron chi connectivity index (χ3n) is 2.11. The van der Waals surface area contributed by atoms with Crippen LogP contribution >= 0.6 is 33.9 Å². The molecule has 6 heteroatoms. The van der Waals surface area contributed by atoms with E-state index in [1.807, 2.05) is 18.5 Å². The first-order valence-corrected chi connectivity index (χ1v) is 7.31. The van der Waals surface area contributed by atoms with Crippen LogP contribution in [-0.4, -0.2) is 21.5 Å². The summed E-state index contributed by atoms with van der Waals surface area (Å²) in [7, 11) is 0. The van der Waals surface area contributed by atoms with Gasteiger partial charge in [0.15, 0.2) is 0 Å². The van der Waals surface area contributed by atoms with Crippen molar-refractivity contribution in [3.63, 3.8) is 0 Å². The van der Waals surface area contributed by atoms with Gasteiger partial charge in [0, 0.05) is 23.8 Å². The van der Waals surface area contributed by atoms with E-state index in [1.165, 1.54) is 0 Å². The van der Waals surface area contributed by atoms with Crippen LogP contribution in [0.15, 0.2) is 11.6 Å². The standard InChI is InChI=1S/C11H13IN4S/c1-3-13-11-8(12)5-14-9(16-11)4-10-15-7(2)6-17-10/h5-6H,3-4H2,1-2H3,(H,13,14,16). The molecule has 0 fully saturated rings. The lowest BCUT2D eigenvalue weighted by atomic mass is 10.4. The fourth-order valence-electron chi connectivity index (χ4n) is 1.40. The minimum atomic E-state index is 0.702. The van der Waals surface area contributed by atoms with Gasteiger partial charge in [-0.25, -0.2) is 15.0 Å². The molecule has 0 atom stereocenters. The Morgan fingerprint density at radius 1 is 1.41 bits per heavy atom. The molecule has 2 rings (SSSR count). The summed E-state index contributed by atoms with van der Waals surface area (Å²) in [6.07, 6.45) is 2.55. The number of rotatable bonds is 4. The summed E-state index contributed by atoms with van der Waals surface area (Å²) < 4.78 is 1.04. The zero-order valence-electron chi connectivity index (χ0n) is 9.70. The second kappa shape index (κ2) is 5.72. The average Bonchev–Trinajstić information content (AvgIpc) is 2.69. The molecule has 0 spiro atoms. The number of nitrogens with zero attached hydrogens (tertiary/aromatic N) is 3. The summed E-state index contributed by atoms with van der Waals surface area (Å²) in [5.74, 6) is 1.72. The topological polar surface area (TPSA) is 50.7 Å². The second-order valence-electron chi connectivity index (χ2n) is 3.57. The Kier molecular flexibility index (Phi) is 4.27. The molecule has 0 aliphatic heterocycles. The Morgan fingerprint density at radius 2 is 2.24 bits per heavy atom. The molecular weight excluding hydrogens is 347 g/mol. The van der Waals surface area contributed by atoms with E-state index in [-0.39, 0.29) is 0 Å². The number of thiazole rings is 1. The predicted octanol–water partition coefficient (Wildman–Crippen LogP) is 2.87. The van der Waals surface area contributed by atoms with Crippen LogP contribution in [0.25, 0.3) is 0 Å². The van der Waals surface area contributed by atoms with Gasteiger partial charge >= 0.3 is 0 Å². The van der Waals surface area contributed by atoms with E-state index < -0.39 is 0 Å². The van der Waals surface area contributed by atoms with Crippen molar-refractivity contribution in [2.75, 3.05) is 11.9 Å². The highest BCUT2D eigenvalue weighted by Crippen LogP contribution is 2.17. The lowest BCUT2D eigenvalue weighted by Gasteiger charge is -2.06. The van der Waals surface area contributed by atoms with Crippen LogP contribution in [0.3, 0.4) is 0 Å². The first-order chi connectivity index (χ1) is 8.19. The Hall–Kier alpha value is -0.760. The molecular formula is C11H13IN4S. The molecule has 0 unspecified atom stereocenters. The molecule has 4 nitrogen and oxygen atoms in total. The van der Waals surface area contributed by atoms with Gasteiger partial charge in [-0.2, -0.15) is 0 Å². The smallest absolute Gasteiger partial charge is 0.143 e. The summed E-state index contributed by atoms with van der Waals surface area (Å²) in [5.41, 5.74) is 1.06. The van der Waals surface area contributed by atoms with Crippen LogP contribution in [0, 0.1) is 10.5 Å². The van der Waals surface area contributed by atoms with Crippen LogP contribution in [0.5, 0.6) is 0 Å². The quantitative estimate of drug-likeness (QED) is 0.852. The number of aromatic nitrogens is 3. The normalized spacial score (nSPS) is 10.5. The van der Waals surface area contributed by atoms with E-state index in [0.29, 0.717) is 6.42 Å². The molecule has 0 aliphatic carbocycles. The molecule has 2 aromatic heterocycles. The molecule has 17 heavy (non-hydrogen) atoms. The van der Waals surface area contributed by atoms with Crippen LogP contribution < -0.4 is 5.32 Å². The van der Waals surface area contributed by atoms with Crippen LogP contribution in [0.4, 0.5) is 5.82 Å². The van der Waals surface area contributed by atoms with E-state index in [9.17, 15) is 0 Å². The monoisotopic (exact) mass is 360 g/mol. The third-order valence-corrected chi connectivity index (χ3v) is 3.87. The molecule has 0 bridgehead atoms. The van der Waals surface area contributed by atoms with E-state index in [2.05, 4.69) is 49.8 Å². The van der Waals surface area contributed by atoms with E-state index in [1.54, 1.807) is 11.3 Å². The zero-order valence-corrected chi connectivity index (χ0v) is 12.7. The Morgan fingerprint density at radius 3 is 2.88 bits per heavy atom. The first kappa shape index (κ1) is 12.7. The summed E-state index contributed by atoms with van der Waals surface area (Å²) in [6, 6.07) is 0. The molecule has 2 heterocycles. The van der Waals surface area contributed by atoms with Crippen molar-refractivity contribution >= 4 is 39.7 Å². The fraction of sp³-hybridized carbons (Fsp3) is 0.364. The van der Waals surface area contributed by atoms with Crippen molar-refractivity contribution in [2.45, 2.75) is 20.3 Å². The van der Waals surface area contributed by atoms with E-state index in [4.69, 9.17) is 0 Å². The molecule has 90 valence electrons. The van der Waals surface area contributed by atoms with Gasteiger partial charge in [-0.15, -0.1) is 11.3 Å². The summed E-state index contributed by atoms with van der Waals surface area (Å²) in [5, 5.41) is 6.34. The van der Waals surface area contributed by atoms with E-state index in [0.717, 1.165) is 32.5 Å². The number of aryl methyl sites for hydroxylation is 1. The molecule has 0 saturated carbocycles. The van der Waals surface area contributed by atoms with Crippen molar-refractivity contribution in [3.8, 4) is 0 Å². The summed E-state index contributed by atoms with van der Waals surface area (Å²) >= 11 is 3.89. The first-order valence-electron chi connectivity index (χ1n) is 5.35. The van der Waals surface area contributed by atoms with Crippen molar-refractivity contribution in [1.29, 1.82) is 0 Å². The van der Waals surface area contributed by atoms with Crippen molar-refractivity contribution in [3.05, 3.63) is 31.7 Å². The van der Waals surface area contributed by atoms with Gasteiger partial charge in [0.05, 0.1) is 9.99 Å². The van der Waals surface area contributed by atoms with Gasteiger partial charge in [-0.3, -0.25) is 0 Å². The third kappa shape index (κ3) is 3.35. The Balaban J connectivity index is 2.18. The van der Waals surface area contributed by atoms with Gasteiger partial charge < -0.3 is 5.32 Å². The van der Waals surface area contributed by atoms with Crippen LogP contribution in [-0.2, 0) is 6.42 Å². The number of anilines is 1. The lowest BCUT2D eigenvalue weighted by Crippen LogP contribution is -2.06. The summed E-state index contributed by atoms with van der Waals surface area (Å²) in [6.45, 7) is 4.92. The molecule has 0 amide bonds. The molecule has 0 aliphatic rings. The Bertz CT molecular complexity index is 512. The maximum Gasteiger partial charge on any atom is 0.143 e. The maximum atomic E-state index is 4.50. The highest BCUT2D eigenvalue weighted by molar-refractivity contribution is 14.1. The van der Waals surface area contributed by atoms with Gasteiger partial charge in [0.1, 0.15) is 16.6 Å². The van der Waals surface area contributed by atoms with Gasteiger partial charge in [0.2, 0.25) is 0 Å². The van der Waals surface area contributed by atoms with Crippen molar-refractivity contribution in [2.24, 2.45) is 0 Å². The minimum Gasteiger partial charge on any atom is -0.369 e. The van der Waals surface area contributed by atoms with Crippen molar-refractivity contribution < 1.29 is 0 Å².